The minimum absolute atomic E-state index is 0.104. The molecule has 1 aromatic rings. The molecule has 2 amide bonds. The number of imide groups is 1. The van der Waals surface area contributed by atoms with E-state index in [-0.39, 0.29) is 11.4 Å². The van der Waals surface area contributed by atoms with Gasteiger partial charge in [0.2, 0.25) is 5.75 Å². The predicted molar refractivity (Wildman–Crippen MR) is 48.2 cm³/mol. The Labute approximate surface area is 80.1 Å². The second kappa shape index (κ2) is 2.99. The highest BCUT2D eigenvalue weighted by atomic mass is 16.3. The van der Waals surface area contributed by atoms with Crippen molar-refractivity contribution in [3.8, 4) is 5.75 Å². The number of hydrogen-bond acceptors (Lipinski definition) is 2. The molecule has 1 aromatic carbocycles. The molecule has 1 radical (unpaired) electrons. The van der Waals surface area contributed by atoms with Crippen LogP contribution in [0.3, 0.4) is 0 Å². The standard InChI is InChI=1S/C10H6NO3/c12-8-4-2-1-3-7(8)11-9(13)5-6-10(11)14/h1-6H. The first-order valence-electron chi connectivity index (χ1n) is 4.02. The number of nitrogens with zero attached hydrogens (tertiary/aromatic N) is 1. The zero-order valence-corrected chi connectivity index (χ0v) is 7.14. The van der Waals surface area contributed by atoms with Crippen molar-refractivity contribution in [2.45, 2.75) is 0 Å². The number of benzene rings is 1. The number of carbonyl (C=O) groups excluding carboxylic acids is 2. The molecule has 0 fully saturated rings. The van der Waals surface area contributed by atoms with Gasteiger partial charge >= 0.3 is 0 Å². The Hall–Kier alpha value is -2.10. The van der Waals surface area contributed by atoms with Gasteiger partial charge in [-0.3, -0.25) is 14.7 Å². The van der Waals surface area contributed by atoms with Crippen molar-refractivity contribution in [2.24, 2.45) is 0 Å². The van der Waals surface area contributed by atoms with Gasteiger partial charge in [0, 0.05) is 12.2 Å². The van der Waals surface area contributed by atoms with E-state index in [1.54, 1.807) is 12.1 Å². The van der Waals surface area contributed by atoms with Gasteiger partial charge in [0.15, 0.2) is 0 Å². The zero-order chi connectivity index (χ0) is 10.1. The lowest BCUT2D eigenvalue weighted by Gasteiger charge is -2.13. The SMILES string of the molecule is [O]c1ccccc1N1C(=O)C=CC1=O. The maximum atomic E-state index is 11.3. The van der Waals surface area contributed by atoms with E-state index >= 15 is 0 Å². The van der Waals surface area contributed by atoms with Crippen LogP contribution in [-0.2, 0) is 14.7 Å². The lowest BCUT2D eigenvalue weighted by atomic mass is 10.2. The van der Waals surface area contributed by atoms with E-state index in [2.05, 4.69) is 0 Å². The summed E-state index contributed by atoms with van der Waals surface area (Å²) in [6, 6.07) is 5.93. The molecule has 0 unspecified atom stereocenters. The van der Waals surface area contributed by atoms with Crippen LogP contribution < -0.4 is 4.90 Å². The fourth-order valence-corrected chi connectivity index (χ4v) is 1.28. The summed E-state index contributed by atoms with van der Waals surface area (Å²) in [5.74, 6) is -1.28. The molecule has 69 valence electrons. The van der Waals surface area contributed by atoms with Gasteiger partial charge < -0.3 is 0 Å². The van der Waals surface area contributed by atoms with E-state index in [4.69, 9.17) is 0 Å². The third kappa shape index (κ3) is 1.17. The Kier molecular flexibility index (Phi) is 1.81. The van der Waals surface area contributed by atoms with Crippen LogP contribution >= 0.6 is 0 Å². The minimum Gasteiger partial charge on any atom is -0.288 e. The molecule has 4 nitrogen and oxygen atoms in total. The molecule has 2 rings (SSSR count). The molecule has 4 heteroatoms. The van der Waals surface area contributed by atoms with E-state index in [1.165, 1.54) is 12.1 Å². The molecule has 1 aliphatic heterocycles. The first-order valence-corrected chi connectivity index (χ1v) is 4.02. The molecular weight excluding hydrogens is 182 g/mol. The van der Waals surface area contributed by atoms with Crippen molar-refractivity contribution in [2.75, 3.05) is 4.90 Å². The van der Waals surface area contributed by atoms with Gasteiger partial charge in [0.25, 0.3) is 11.8 Å². The van der Waals surface area contributed by atoms with Crippen molar-refractivity contribution in [3.05, 3.63) is 36.4 Å². The van der Waals surface area contributed by atoms with E-state index in [1.807, 2.05) is 0 Å². The summed E-state index contributed by atoms with van der Waals surface area (Å²) in [6.07, 6.45) is 2.30. The molecule has 0 bridgehead atoms. The zero-order valence-electron chi connectivity index (χ0n) is 7.14. The smallest absolute Gasteiger partial charge is 0.258 e. The van der Waals surface area contributed by atoms with Crippen LogP contribution in [0.15, 0.2) is 36.4 Å². The number of para-hydroxylation sites is 2. The monoisotopic (exact) mass is 188 g/mol. The van der Waals surface area contributed by atoms with Crippen molar-refractivity contribution in [1.82, 2.24) is 0 Å². The van der Waals surface area contributed by atoms with Gasteiger partial charge in [-0.05, 0) is 12.1 Å². The van der Waals surface area contributed by atoms with Crippen LogP contribution in [0.2, 0.25) is 0 Å². The number of anilines is 1. The summed E-state index contributed by atoms with van der Waals surface area (Å²) in [5, 5.41) is 11.3. The van der Waals surface area contributed by atoms with Gasteiger partial charge in [0.05, 0.1) is 5.69 Å². The van der Waals surface area contributed by atoms with Crippen LogP contribution in [0.1, 0.15) is 0 Å². The third-order valence-corrected chi connectivity index (χ3v) is 1.92. The van der Waals surface area contributed by atoms with Crippen LogP contribution in [0.25, 0.3) is 0 Å². The highest BCUT2D eigenvalue weighted by Crippen LogP contribution is 2.29. The first kappa shape index (κ1) is 8.50. The molecule has 0 saturated carbocycles. The summed E-state index contributed by atoms with van der Waals surface area (Å²) < 4.78 is 0. The Morgan fingerprint density at radius 2 is 1.50 bits per heavy atom. The summed E-state index contributed by atoms with van der Waals surface area (Å²) in [5.41, 5.74) is 0.104. The average Bonchev–Trinajstić information content (AvgIpc) is 2.48. The summed E-state index contributed by atoms with van der Waals surface area (Å²) in [7, 11) is 0. The molecule has 1 heterocycles. The Bertz CT molecular complexity index is 419. The van der Waals surface area contributed by atoms with Crippen LogP contribution in [0, 0.1) is 0 Å². The van der Waals surface area contributed by atoms with E-state index in [0.717, 1.165) is 17.1 Å². The lowest BCUT2D eigenvalue weighted by molar-refractivity contribution is -0.120. The first-order chi connectivity index (χ1) is 6.70. The fraction of sp³-hybridized carbons (Fsp3) is 0. The molecule has 0 aliphatic carbocycles. The summed E-state index contributed by atoms with van der Waals surface area (Å²) in [4.78, 5) is 23.3. The maximum Gasteiger partial charge on any atom is 0.258 e. The number of amides is 2. The van der Waals surface area contributed by atoms with E-state index in [9.17, 15) is 14.7 Å². The number of hydrogen-bond donors (Lipinski definition) is 0. The van der Waals surface area contributed by atoms with Gasteiger partial charge in [-0.1, -0.05) is 12.1 Å². The van der Waals surface area contributed by atoms with Crippen molar-refractivity contribution >= 4 is 17.5 Å². The molecule has 0 saturated heterocycles. The quantitative estimate of drug-likeness (QED) is 0.623. The van der Waals surface area contributed by atoms with Crippen molar-refractivity contribution < 1.29 is 14.7 Å². The summed E-state index contributed by atoms with van der Waals surface area (Å²) in [6.45, 7) is 0. The van der Waals surface area contributed by atoms with Gasteiger partial charge in [-0.2, -0.15) is 0 Å². The van der Waals surface area contributed by atoms with Crippen molar-refractivity contribution in [3.63, 3.8) is 0 Å². The molecule has 0 aromatic heterocycles. The lowest BCUT2D eigenvalue weighted by Crippen LogP contribution is -2.29. The third-order valence-electron chi connectivity index (χ3n) is 1.92. The largest absolute Gasteiger partial charge is 0.288 e. The van der Waals surface area contributed by atoms with E-state index in [0.29, 0.717) is 0 Å². The summed E-state index contributed by atoms with van der Waals surface area (Å²) >= 11 is 0. The molecule has 0 N–H and O–H groups in total. The Morgan fingerprint density at radius 3 is 2.07 bits per heavy atom. The molecular formula is C10H6NO3. The van der Waals surface area contributed by atoms with Crippen LogP contribution in [0.5, 0.6) is 5.75 Å². The van der Waals surface area contributed by atoms with Crippen LogP contribution in [-0.4, -0.2) is 11.8 Å². The molecule has 0 atom stereocenters. The van der Waals surface area contributed by atoms with Crippen molar-refractivity contribution in [1.29, 1.82) is 0 Å². The second-order valence-corrected chi connectivity index (χ2v) is 2.81. The maximum absolute atomic E-state index is 11.3. The second-order valence-electron chi connectivity index (χ2n) is 2.81. The normalized spacial score (nSPS) is 15.3. The topological polar surface area (TPSA) is 57.3 Å². The highest BCUT2D eigenvalue weighted by molar-refractivity contribution is 6.28. The Morgan fingerprint density at radius 1 is 0.929 bits per heavy atom. The number of rotatable bonds is 1. The fourth-order valence-electron chi connectivity index (χ4n) is 1.28. The minimum atomic E-state index is -0.474. The average molecular weight is 188 g/mol. The van der Waals surface area contributed by atoms with Gasteiger partial charge in [-0.15, -0.1) is 0 Å². The van der Waals surface area contributed by atoms with Crippen LogP contribution in [0.4, 0.5) is 5.69 Å². The molecule has 1 aliphatic rings. The number of carbonyl (C=O) groups is 2. The highest BCUT2D eigenvalue weighted by Gasteiger charge is 2.27. The van der Waals surface area contributed by atoms with E-state index < -0.39 is 11.8 Å². The van der Waals surface area contributed by atoms with Gasteiger partial charge in [-0.25, -0.2) is 4.90 Å². The van der Waals surface area contributed by atoms with Gasteiger partial charge in [0.1, 0.15) is 0 Å². The predicted octanol–water partition coefficient (Wildman–Crippen LogP) is 1.26. The molecule has 14 heavy (non-hydrogen) atoms. The molecule has 0 spiro atoms. The Balaban J connectivity index is 2.46.